The number of halogens is 3. The third kappa shape index (κ3) is 5.43. The van der Waals surface area contributed by atoms with Crippen LogP contribution in [0.3, 0.4) is 0 Å². The predicted octanol–water partition coefficient (Wildman–Crippen LogP) is 3.66. The molecule has 0 spiro atoms. The maximum Gasteiger partial charge on any atom is 0.573 e. The van der Waals surface area contributed by atoms with E-state index < -0.39 is 6.36 Å². The van der Waals surface area contributed by atoms with Gasteiger partial charge in [-0.25, -0.2) is 9.67 Å². The normalized spacial score (nSPS) is 14.3. The van der Waals surface area contributed by atoms with Crippen LogP contribution in [0.4, 0.5) is 18.9 Å². The summed E-state index contributed by atoms with van der Waals surface area (Å²) in [4.78, 5) is 11.1. The number of aryl methyl sites for hydroxylation is 1. The van der Waals surface area contributed by atoms with E-state index in [0.29, 0.717) is 23.8 Å². The standard InChI is InChI=1S/C23H22F3N7O2/c1-15-28-20(21-29-22(35-31-21)17-5-7-19(8-6-17)34-23(24,25)26)30-33(15)14-16-3-2-4-18(13-16)32-11-9-27-10-12-32/h2-8,13,27H,9-12,14H2,1H3. The lowest BCUT2D eigenvalue weighted by atomic mass is 10.1. The molecule has 3 heterocycles. The average molecular weight is 485 g/mol. The second kappa shape index (κ2) is 9.37. The Labute approximate surface area is 198 Å². The van der Waals surface area contributed by atoms with Crippen molar-refractivity contribution in [2.75, 3.05) is 31.1 Å². The van der Waals surface area contributed by atoms with Crippen LogP contribution in [-0.2, 0) is 6.54 Å². The number of ether oxygens (including phenoxy) is 1. The van der Waals surface area contributed by atoms with E-state index in [1.807, 2.05) is 19.1 Å². The first kappa shape index (κ1) is 22.8. The van der Waals surface area contributed by atoms with Gasteiger partial charge < -0.3 is 19.5 Å². The minimum atomic E-state index is -4.76. The zero-order chi connectivity index (χ0) is 24.4. The molecule has 182 valence electrons. The number of hydrogen-bond donors (Lipinski definition) is 1. The molecule has 0 saturated carbocycles. The van der Waals surface area contributed by atoms with Gasteiger partial charge in [-0.3, -0.25) is 0 Å². The number of piperazine rings is 1. The Hall–Kier alpha value is -3.93. The monoisotopic (exact) mass is 485 g/mol. The third-order valence-corrected chi connectivity index (χ3v) is 5.54. The van der Waals surface area contributed by atoms with Crippen molar-refractivity contribution in [3.05, 3.63) is 59.9 Å². The number of nitrogens with one attached hydrogen (secondary N) is 1. The summed E-state index contributed by atoms with van der Waals surface area (Å²) < 4.78 is 48.0. The number of aromatic nitrogens is 5. The molecular formula is C23H22F3N7O2. The fraction of sp³-hybridized carbons (Fsp3) is 0.304. The van der Waals surface area contributed by atoms with Crippen molar-refractivity contribution in [3.8, 4) is 28.9 Å². The lowest BCUT2D eigenvalue weighted by Gasteiger charge is -2.29. The molecule has 0 aliphatic carbocycles. The maximum absolute atomic E-state index is 12.3. The van der Waals surface area contributed by atoms with Gasteiger partial charge in [0.2, 0.25) is 11.6 Å². The molecule has 35 heavy (non-hydrogen) atoms. The van der Waals surface area contributed by atoms with Crippen molar-refractivity contribution in [3.63, 3.8) is 0 Å². The Balaban J connectivity index is 1.30. The van der Waals surface area contributed by atoms with Gasteiger partial charge in [-0.15, -0.1) is 18.3 Å². The zero-order valence-corrected chi connectivity index (χ0v) is 18.8. The van der Waals surface area contributed by atoms with E-state index in [4.69, 9.17) is 4.52 Å². The highest BCUT2D eigenvalue weighted by atomic mass is 19.4. The largest absolute Gasteiger partial charge is 0.573 e. The molecule has 0 bridgehead atoms. The second-order valence-corrected chi connectivity index (χ2v) is 8.04. The van der Waals surface area contributed by atoms with Gasteiger partial charge >= 0.3 is 6.36 Å². The highest BCUT2D eigenvalue weighted by Crippen LogP contribution is 2.27. The van der Waals surface area contributed by atoms with Crippen LogP contribution in [0.2, 0.25) is 0 Å². The molecule has 0 atom stereocenters. The highest BCUT2D eigenvalue weighted by Gasteiger charge is 2.31. The molecule has 12 heteroatoms. The van der Waals surface area contributed by atoms with Crippen LogP contribution in [0.1, 0.15) is 11.4 Å². The summed E-state index contributed by atoms with van der Waals surface area (Å²) in [6.45, 7) is 6.24. The Morgan fingerprint density at radius 2 is 1.80 bits per heavy atom. The highest BCUT2D eigenvalue weighted by molar-refractivity contribution is 5.57. The molecule has 5 rings (SSSR count). The van der Waals surface area contributed by atoms with Crippen molar-refractivity contribution in [1.29, 1.82) is 0 Å². The molecular weight excluding hydrogens is 463 g/mol. The van der Waals surface area contributed by atoms with Crippen LogP contribution in [0.15, 0.2) is 53.1 Å². The van der Waals surface area contributed by atoms with Gasteiger partial charge in [-0.05, 0) is 48.9 Å². The van der Waals surface area contributed by atoms with Gasteiger partial charge in [0.05, 0.1) is 6.54 Å². The fourth-order valence-electron chi connectivity index (χ4n) is 3.84. The Morgan fingerprint density at radius 3 is 2.54 bits per heavy atom. The number of anilines is 1. The summed E-state index contributed by atoms with van der Waals surface area (Å²) in [6.07, 6.45) is -4.76. The lowest BCUT2D eigenvalue weighted by Crippen LogP contribution is -2.43. The van der Waals surface area contributed by atoms with E-state index in [-0.39, 0.29) is 17.5 Å². The van der Waals surface area contributed by atoms with Gasteiger partial charge in [0, 0.05) is 37.4 Å². The minimum Gasteiger partial charge on any atom is -0.406 e. The van der Waals surface area contributed by atoms with Gasteiger partial charge in [0.1, 0.15) is 11.6 Å². The van der Waals surface area contributed by atoms with E-state index >= 15 is 0 Å². The van der Waals surface area contributed by atoms with E-state index in [1.165, 1.54) is 30.0 Å². The Kier molecular flexibility index (Phi) is 6.12. The lowest BCUT2D eigenvalue weighted by molar-refractivity contribution is -0.274. The van der Waals surface area contributed by atoms with Crippen molar-refractivity contribution >= 4 is 5.69 Å². The molecule has 0 radical (unpaired) electrons. The first-order valence-corrected chi connectivity index (χ1v) is 11.0. The maximum atomic E-state index is 12.3. The van der Waals surface area contributed by atoms with Crippen LogP contribution in [0, 0.1) is 6.92 Å². The molecule has 1 saturated heterocycles. The van der Waals surface area contributed by atoms with Gasteiger partial charge in [0.15, 0.2) is 0 Å². The Morgan fingerprint density at radius 1 is 1.03 bits per heavy atom. The number of nitrogens with zero attached hydrogens (tertiary/aromatic N) is 6. The van der Waals surface area contributed by atoms with Crippen LogP contribution in [0.5, 0.6) is 5.75 Å². The molecule has 2 aromatic heterocycles. The first-order valence-electron chi connectivity index (χ1n) is 11.0. The minimum absolute atomic E-state index is 0.135. The van der Waals surface area contributed by atoms with Crippen LogP contribution in [0.25, 0.3) is 23.1 Å². The molecule has 1 aliphatic heterocycles. The number of rotatable bonds is 6. The first-order chi connectivity index (χ1) is 16.8. The number of hydrogen-bond acceptors (Lipinski definition) is 8. The molecule has 2 aromatic carbocycles. The smallest absolute Gasteiger partial charge is 0.406 e. The summed E-state index contributed by atoms with van der Waals surface area (Å²) in [6, 6.07) is 13.5. The summed E-state index contributed by atoms with van der Waals surface area (Å²) in [7, 11) is 0. The van der Waals surface area contributed by atoms with E-state index in [1.54, 1.807) is 4.68 Å². The number of benzene rings is 2. The van der Waals surface area contributed by atoms with E-state index in [0.717, 1.165) is 31.7 Å². The van der Waals surface area contributed by atoms with Gasteiger partial charge in [-0.1, -0.05) is 17.3 Å². The Bertz CT molecular complexity index is 1300. The van der Waals surface area contributed by atoms with Gasteiger partial charge in [0.25, 0.3) is 5.89 Å². The summed E-state index contributed by atoms with van der Waals surface area (Å²) >= 11 is 0. The van der Waals surface area contributed by atoms with Crippen molar-refractivity contribution in [1.82, 2.24) is 30.2 Å². The fourth-order valence-corrected chi connectivity index (χ4v) is 3.84. The topological polar surface area (TPSA) is 94.1 Å². The molecule has 1 aliphatic rings. The summed E-state index contributed by atoms with van der Waals surface area (Å²) in [5, 5.41) is 11.8. The predicted molar refractivity (Wildman–Crippen MR) is 121 cm³/mol. The van der Waals surface area contributed by atoms with Crippen molar-refractivity contribution < 1.29 is 22.4 Å². The van der Waals surface area contributed by atoms with Crippen LogP contribution < -0.4 is 15.0 Å². The van der Waals surface area contributed by atoms with Crippen molar-refractivity contribution in [2.24, 2.45) is 0 Å². The summed E-state index contributed by atoms with van der Waals surface area (Å²) in [5.41, 5.74) is 2.71. The molecule has 4 aromatic rings. The average Bonchev–Trinajstić information content (AvgIpc) is 3.47. The third-order valence-electron chi connectivity index (χ3n) is 5.54. The molecule has 9 nitrogen and oxygen atoms in total. The number of alkyl halides is 3. The van der Waals surface area contributed by atoms with Gasteiger partial charge in [-0.2, -0.15) is 4.98 Å². The van der Waals surface area contributed by atoms with E-state index in [9.17, 15) is 13.2 Å². The second-order valence-electron chi connectivity index (χ2n) is 8.04. The summed E-state index contributed by atoms with van der Waals surface area (Å²) in [5.74, 6) is 0.974. The molecule has 0 unspecified atom stereocenters. The van der Waals surface area contributed by atoms with Crippen molar-refractivity contribution in [2.45, 2.75) is 19.8 Å². The zero-order valence-electron chi connectivity index (χ0n) is 18.8. The molecule has 0 amide bonds. The van der Waals surface area contributed by atoms with Crippen LogP contribution >= 0.6 is 0 Å². The van der Waals surface area contributed by atoms with Crippen LogP contribution in [-0.4, -0.2) is 57.4 Å². The molecule has 1 fully saturated rings. The van der Waals surface area contributed by atoms with E-state index in [2.05, 4.69) is 47.3 Å². The SMILES string of the molecule is Cc1nc(-c2noc(-c3ccc(OC(F)(F)F)cc3)n2)nn1Cc1cccc(N2CCNCC2)c1. The molecule has 1 N–H and O–H groups in total. The quantitative estimate of drug-likeness (QED) is 0.442.